The van der Waals surface area contributed by atoms with Crippen molar-refractivity contribution in [2.24, 2.45) is 0 Å². The van der Waals surface area contributed by atoms with Gasteiger partial charge in [-0.1, -0.05) is 91.8 Å². The van der Waals surface area contributed by atoms with E-state index < -0.39 is 0 Å². The summed E-state index contributed by atoms with van der Waals surface area (Å²) in [5, 5.41) is 13.0. The monoisotopic (exact) mass is 413 g/mol. The van der Waals surface area contributed by atoms with Crippen molar-refractivity contribution in [3.8, 4) is 5.75 Å². The number of rotatable bonds is 2. The number of aromatic nitrogens is 1. The van der Waals surface area contributed by atoms with Crippen LogP contribution < -0.4 is 0 Å². The Balaban J connectivity index is 2.05. The zero-order valence-corrected chi connectivity index (χ0v) is 20.1. The van der Waals surface area contributed by atoms with Gasteiger partial charge in [-0.25, -0.2) is 0 Å². The molecule has 0 aliphatic carbocycles. The van der Waals surface area contributed by atoms with Crippen LogP contribution in [0, 0.1) is 0 Å². The zero-order chi connectivity index (χ0) is 22.8. The molecule has 1 heterocycles. The van der Waals surface area contributed by atoms with Crippen molar-refractivity contribution in [1.29, 1.82) is 0 Å². The summed E-state index contributed by atoms with van der Waals surface area (Å²) in [5.41, 5.74) is 7.02. The van der Waals surface area contributed by atoms with E-state index in [-0.39, 0.29) is 16.2 Å². The van der Waals surface area contributed by atoms with Gasteiger partial charge in [-0.2, -0.15) is 0 Å². The Hall–Kier alpha value is -2.74. The number of aromatic amines is 1. The summed E-state index contributed by atoms with van der Waals surface area (Å²) in [7, 11) is 0. The van der Waals surface area contributed by atoms with E-state index in [4.69, 9.17) is 0 Å². The minimum absolute atomic E-state index is 0.0566. The van der Waals surface area contributed by atoms with Gasteiger partial charge in [0, 0.05) is 27.8 Å². The lowest BCUT2D eigenvalue weighted by atomic mass is 9.71. The van der Waals surface area contributed by atoms with E-state index in [1.165, 1.54) is 27.5 Å². The molecular weight excluding hydrogens is 378 g/mol. The number of fused-ring (bicyclic) bond motifs is 3. The topological polar surface area (TPSA) is 36.0 Å². The number of para-hydroxylation sites is 1. The molecule has 3 aromatic carbocycles. The largest absolute Gasteiger partial charge is 0.508 e. The first-order valence-corrected chi connectivity index (χ1v) is 11.2. The highest BCUT2D eigenvalue weighted by molar-refractivity contribution is 6.09. The van der Waals surface area contributed by atoms with Gasteiger partial charge < -0.3 is 10.1 Å². The van der Waals surface area contributed by atoms with E-state index in [1.807, 2.05) is 18.2 Å². The van der Waals surface area contributed by atoms with Crippen molar-refractivity contribution in [2.75, 3.05) is 0 Å². The standard InChI is InChI=1S/C29H35NO/c1-27(2,3)18-13-19(28(4,5)6)15-20(14-18)29(7,8)23-16-21(31)17-25-26(23)22-11-9-10-12-24(22)30-25/h9-17,30-31H,1-8H3. The lowest BCUT2D eigenvalue weighted by Gasteiger charge is -2.32. The first-order chi connectivity index (χ1) is 14.3. The molecule has 0 unspecified atom stereocenters. The fourth-order valence-corrected chi connectivity index (χ4v) is 4.47. The van der Waals surface area contributed by atoms with Crippen LogP contribution in [0.2, 0.25) is 0 Å². The number of H-pyrrole nitrogens is 1. The molecule has 0 bridgehead atoms. The minimum atomic E-state index is -0.288. The number of phenols is 1. The van der Waals surface area contributed by atoms with E-state index in [2.05, 4.69) is 96.8 Å². The fourth-order valence-electron chi connectivity index (χ4n) is 4.47. The maximum atomic E-state index is 10.6. The molecule has 0 aliphatic heterocycles. The number of aromatic hydroxyl groups is 1. The Kier molecular flexibility index (Phi) is 4.77. The SMILES string of the molecule is CC(C)(C)c1cc(C(C)(C)C)cc(C(C)(C)c2cc(O)cc3[nH]c4ccccc4c23)c1. The molecule has 0 saturated carbocycles. The van der Waals surface area contributed by atoms with Gasteiger partial charge in [0.05, 0.1) is 5.52 Å². The van der Waals surface area contributed by atoms with Crippen molar-refractivity contribution in [3.05, 3.63) is 76.9 Å². The van der Waals surface area contributed by atoms with Crippen LogP contribution in [-0.4, -0.2) is 10.1 Å². The molecule has 2 N–H and O–H groups in total. The number of hydrogen-bond donors (Lipinski definition) is 2. The Morgan fingerprint density at radius 2 is 1.19 bits per heavy atom. The molecule has 0 saturated heterocycles. The minimum Gasteiger partial charge on any atom is -0.508 e. The van der Waals surface area contributed by atoms with E-state index in [9.17, 15) is 5.11 Å². The van der Waals surface area contributed by atoms with Crippen LogP contribution in [0.25, 0.3) is 21.8 Å². The number of benzene rings is 3. The second-order valence-electron chi connectivity index (χ2n) is 11.5. The molecule has 2 heteroatoms. The molecule has 4 rings (SSSR count). The second kappa shape index (κ2) is 6.88. The summed E-state index contributed by atoms with van der Waals surface area (Å²) >= 11 is 0. The van der Waals surface area contributed by atoms with Crippen molar-refractivity contribution >= 4 is 21.8 Å². The Morgan fingerprint density at radius 1 is 0.645 bits per heavy atom. The lowest BCUT2D eigenvalue weighted by molar-refractivity contribution is 0.473. The molecule has 0 aliphatic rings. The second-order valence-corrected chi connectivity index (χ2v) is 11.5. The van der Waals surface area contributed by atoms with Gasteiger partial charge in [0.25, 0.3) is 0 Å². The van der Waals surface area contributed by atoms with Crippen LogP contribution in [0.4, 0.5) is 0 Å². The first kappa shape index (κ1) is 21.5. The van der Waals surface area contributed by atoms with Crippen LogP contribution in [0.15, 0.2) is 54.6 Å². The van der Waals surface area contributed by atoms with Crippen molar-refractivity contribution < 1.29 is 5.11 Å². The summed E-state index contributed by atoms with van der Waals surface area (Å²) in [4.78, 5) is 3.49. The van der Waals surface area contributed by atoms with Crippen molar-refractivity contribution in [1.82, 2.24) is 4.98 Å². The average Bonchev–Trinajstić information content (AvgIpc) is 3.03. The third-order valence-electron chi connectivity index (χ3n) is 6.65. The molecule has 2 nitrogen and oxygen atoms in total. The third-order valence-corrected chi connectivity index (χ3v) is 6.65. The van der Waals surface area contributed by atoms with Crippen LogP contribution in [0.1, 0.15) is 77.6 Å². The Bertz CT molecular complexity index is 1240. The Morgan fingerprint density at radius 3 is 1.77 bits per heavy atom. The van der Waals surface area contributed by atoms with E-state index in [1.54, 1.807) is 0 Å². The quantitative estimate of drug-likeness (QED) is 0.344. The van der Waals surface area contributed by atoms with Gasteiger partial charge in [0.1, 0.15) is 5.75 Å². The maximum Gasteiger partial charge on any atom is 0.118 e. The van der Waals surface area contributed by atoms with E-state index in [0.29, 0.717) is 5.75 Å². The maximum absolute atomic E-state index is 10.6. The Labute approximate surface area is 186 Å². The molecule has 162 valence electrons. The number of phenolic OH excluding ortho intramolecular Hbond substituents is 1. The molecule has 0 spiro atoms. The highest BCUT2D eigenvalue weighted by atomic mass is 16.3. The summed E-state index contributed by atoms with van der Waals surface area (Å²) in [6.07, 6.45) is 0. The smallest absolute Gasteiger partial charge is 0.118 e. The molecule has 4 aromatic rings. The average molecular weight is 414 g/mol. The summed E-state index contributed by atoms with van der Waals surface area (Å²) in [6, 6.07) is 19.3. The number of nitrogens with one attached hydrogen (secondary N) is 1. The number of hydrogen-bond acceptors (Lipinski definition) is 1. The fraction of sp³-hybridized carbons (Fsp3) is 0.379. The molecule has 0 fully saturated rings. The van der Waals surface area contributed by atoms with E-state index >= 15 is 0 Å². The molecule has 0 radical (unpaired) electrons. The predicted molar refractivity (Wildman–Crippen MR) is 133 cm³/mol. The molecule has 0 atom stereocenters. The van der Waals surface area contributed by atoms with Gasteiger partial charge in [-0.15, -0.1) is 0 Å². The van der Waals surface area contributed by atoms with Gasteiger partial charge in [-0.3, -0.25) is 0 Å². The van der Waals surface area contributed by atoms with Gasteiger partial charge >= 0.3 is 0 Å². The van der Waals surface area contributed by atoms with Crippen LogP contribution in [0.5, 0.6) is 5.75 Å². The highest BCUT2D eigenvalue weighted by Crippen LogP contribution is 2.43. The molecular formula is C29H35NO. The summed E-state index contributed by atoms with van der Waals surface area (Å²) in [6.45, 7) is 18.2. The third kappa shape index (κ3) is 3.73. The first-order valence-electron chi connectivity index (χ1n) is 11.2. The van der Waals surface area contributed by atoms with Gasteiger partial charge in [0.2, 0.25) is 0 Å². The van der Waals surface area contributed by atoms with Crippen LogP contribution in [-0.2, 0) is 16.2 Å². The van der Waals surface area contributed by atoms with Gasteiger partial charge in [-0.05, 0) is 45.2 Å². The van der Waals surface area contributed by atoms with Crippen molar-refractivity contribution in [2.45, 2.75) is 71.6 Å². The predicted octanol–water partition coefficient (Wildman–Crippen LogP) is 7.95. The van der Waals surface area contributed by atoms with Crippen LogP contribution in [0.3, 0.4) is 0 Å². The molecule has 0 amide bonds. The highest BCUT2D eigenvalue weighted by Gasteiger charge is 2.30. The van der Waals surface area contributed by atoms with Gasteiger partial charge in [0.15, 0.2) is 0 Å². The van der Waals surface area contributed by atoms with E-state index in [0.717, 1.165) is 16.6 Å². The lowest BCUT2D eigenvalue weighted by Crippen LogP contribution is -2.23. The van der Waals surface area contributed by atoms with Crippen molar-refractivity contribution in [3.63, 3.8) is 0 Å². The summed E-state index contributed by atoms with van der Waals surface area (Å²) < 4.78 is 0. The zero-order valence-electron chi connectivity index (χ0n) is 20.1. The van der Waals surface area contributed by atoms with Crippen LogP contribution >= 0.6 is 0 Å². The molecule has 31 heavy (non-hydrogen) atoms. The normalized spacial score (nSPS) is 13.3. The molecule has 1 aromatic heterocycles. The summed E-state index contributed by atoms with van der Waals surface area (Å²) in [5.74, 6) is 0.296.